The molecule has 28 heavy (non-hydrogen) atoms. The van der Waals surface area contributed by atoms with Crippen molar-refractivity contribution in [2.45, 2.75) is 6.54 Å². The Hall–Kier alpha value is -2.64. The highest BCUT2D eigenvalue weighted by atomic mass is 35.5. The molecule has 1 amide bonds. The summed E-state index contributed by atoms with van der Waals surface area (Å²) >= 11 is 7.59. The number of anilines is 1. The minimum atomic E-state index is -0.218. The van der Waals surface area contributed by atoms with Gasteiger partial charge in [0.25, 0.3) is 5.56 Å². The SMILES string of the molecule is O=C(Cn1cnc(-c2cccs2)cc1=O)N1CCN(c2cccc(Cl)c2)CC1. The Morgan fingerprint density at radius 3 is 2.61 bits per heavy atom. The van der Waals surface area contributed by atoms with Gasteiger partial charge in [0, 0.05) is 43.0 Å². The number of carbonyl (C=O) groups excluding carboxylic acids is 1. The topological polar surface area (TPSA) is 58.4 Å². The maximum absolute atomic E-state index is 12.6. The molecule has 0 N–H and O–H groups in total. The molecule has 4 rings (SSSR count). The lowest BCUT2D eigenvalue weighted by molar-refractivity contribution is -0.132. The molecule has 0 saturated carbocycles. The fourth-order valence-electron chi connectivity index (χ4n) is 3.24. The summed E-state index contributed by atoms with van der Waals surface area (Å²) in [6.45, 7) is 2.70. The Morgan fingerprint density at radius 2 is 1.93 bits per heavy atom. The van der Waals surface area contributed by atoms with Crippen LogP contribution in [-0.2, 0) is 11.3 Å². The summed E-state index contributed by atoms with van der Waals surface area (Å²) in [5.74, 6) is -0.0708. The van der Waals surface area contributed by atoms with Gasteiger partial charge in [-0.15, -0.1) is 11.3 Å². The van der Waals surface area contributed by atoms with E-state index in [1.54, 1.807) is 4.90 Å². The van der Waals surface area contributed by atoms with Gasteiger partial charge in [-0.2, -0.15) is 0 Å². The van der Waals surface area contributed by atoms with Crippen LogP contribution in [0.1, 0.15) is 0 Å². The van der Waals surface area contributed by atoms with Crippen LogP contribution in [0.3, 0.4) is 0 Å². The first kappa shape index (κ1) is 18.7. The molecule has 1 fully saturated rings. The summed E-state index contributed by atoms with van der Waals surface area (Å²) < 4.78 is 1.36. The summed E-state index contributed by atoms with van der Waals surface area (Å²) in [7, 11) is 0. The normalized spacial score (nSPS) is 14.3. The first-order valence-corrected chi connectivity index (χ1v) is 10.2. The molecule has 144 valence electrons. The third-order valence-electron chi connectivity index (χ3n) is 4.76. The molecule has 0 radical (unpaired) electrons. The molecule has 1 aliphatic heterocycles. The van der Waals surface area contributed by atoms with Crippen molar-refractivity contribution in [1.82, 2.24) is 14.5 Å². The Bertz CT molecular complexity index is 1030. The fraction of sp³-hybridized carbons (Fsp3) is 0.250. The van der Waals surface area contributed by atoms with E-state index >= 15 is 0 Å². The van der Waals surface area contributed by atoms with Crippen LogP contribution in [0.2, 0.25) is 5.02 Å². The summed E-state index contributed by atoms with van der Waals surface area (Å²) in [4.78, 5) is 34.2. The molecule has 8 heteroatoms. The zero-order chi connectivity index (χ0) is 19.5. The van der Waals surface area contributed by atoms with Gasteiger partial charge < -0.3 is 9.80 Å². The third kappa shape index (κ3) is 4.10. The molecular formula is C20H19ClN4O2S. The number of piperazine rings is 1. The van der Waals surface area contributed by atoms with Gasteiger partial charge >= 0.3 is 0 Å². The summed E-state index contributed by atoms with van der Waals surface area (Å²) in [6, 6.07) is 13.0. The second-order valence-corrected chi connectivity index (χ2v) is 7.95. The van der Waals surface area contributed by atoms with E-state index in [1.807, 2.05) is 41.8 Å². The number of hydrogen-bond acceptors (Lipinski definition) is 5. The van der Waals surface area contributed by atoms with E-state index in [0.717, 1.165) is 23.7 Å². The molecule has 1 saturated heterocycles. The molecular weight excluding hydrogens is 396 g/mol. The van der Waals surface area contributed by atoms with Crippen LogP contribution < -0.4 is 10.5 Å². The van der Waals surface area contributed by atoms with Crippen molar-refractivity contribution < 1.29 is 4.79 Å². The molecule has 1 aliphatic rings. The van der Waals surface area contributed by atoms with Gasteiger partial charge in [-0.3, -0.25) is 14.2 Å². The van der Waals surface area contributed by atoms with Gasteiger partial charge in [-0.05, 0) is 29.6 Å². The van der Waals surface area contributed by atoms with Crippen molar-refractivity contribution in [3.8, 4) is 10.6 Å². The average molecular weight is 415 g/mol. The van der Waals surface area contributed by atoms with Crippen LogP contribution in [0.5, 0.6) is 0 Å². The first-order valence-electron chi connectivity index (χ1n) is 8.99. The van der Waals surface area contributed by atoms with Gasteiger partial charge in [-0.1, -0.05) is 23.7 Å². The van der Waals surface area contributed by atoms with Crippen molar-refractivity contribution in [2.75, 3.05) is 31.1 Å². The molecule has 0 atom stereocenters. The van der Waals surface area contributed by atoms with Gasteiger partial charge in [0.15, 0.2) is 0 Å². The van der Waals surface area contributed by atoms with Gasteiger partial charge in [-0.25, -0.2) is 4.98 Å². The Morgan fingerprint density at radius 1 is 1.11 bits per heavy atom. The zero-order valence-corrected chi connectivity index (χ0v) is 16.7. The highest BCUT2D eigenvalue weighted by Gasteiger charge is 2.22. The summed E-state index contributed by atoms with van der Waals surface area (Å²) in [5.41, 5.74) is 1.48. The van der Waals surface area contributed by atoms with Crippen molar-refractivity contribution in [1.29, 1.82) is 0 Å². The second kappa shape index (κ2) is 8.16. The highest BCUT2D eigenvalue weighted by Crippen LogP contribution is 2.22. The van der Waals surface area contributed by atoms with Crippen molar-refractivity contribution in [3.05, 3.63) is 69.5 Å². The zero-order valence-electron chi connectivity index (χ0n) is 15.1. The highest BCUT2D eigenvalue weighted by molar-refractivity contribution is 7.13. The van der Waals surface area contributed by atoms with E-state index in [2.05, 4.69) is 9.88 Å². The molecule has 0 spiro atoms. The van der Waals surface area contributed by atoms with Gasteiger partial charge in [0.05, 0.1) is 16.9 Å². The standard InChI is InChI=1S/C20H19ClN4O2S/c21-15-3-1-4-16(11-15)23-6-8-24(9-7-23)20(27)13-25-14-22-17(12-19(25)26)18-5-2-10-28-18/h1-5,10-12,14H,6-9,13H2. The van der Waals surface area contributed by atoms with Gasteiger partial charge in [0.2, 0.25) is 5.91 Å². The lowest BCUT2D eigenvalue weighted by Gasteiger charge is -2.36. The minimum absolute atomic E-state index is 0.00766. The van der Waals surface area contributed by atoms with Gasteiger partial charge in [0.1, 0.15) is 6.54 Å². The lowest BCUT2D eigenvalue weighted by Crippen LogP contribution is -2.50. The molecule has 2 aromatic heterocycles. The Labute approximate surface area is 171 Å². The number of aromatic nitrogens is 2. The number of amides is 1. The lowest BCUT2D eigenvalue weighted by atomic mass is 10.2. The molecule has 1 aromatic carbocycles. The molecule has 3 aromatic rings. The number of carbonyl (C=O) groups is 1. The number of nitrogens with zero attached hydrogens (tertiary/aromatic N) is 4. The number of benzene rings is 1. The molecule has 3 heterocycles. The van der Waals surface area contributed by atoms with E-state index in [1.165, 1.54) is 28.3 Å². The van der Waals surface area contributed by atoms with Crippen LogP contribution in [0.25, 0.3) is 10.6 Å². The molecule has 0 bridgehead atoms. The van der Waals surface area contributed by atoms with Crippen LogP contribution in [0, 0.1) is 0 Å². The quantitative estimate of drug-likeness (QED) is 0.658. The summed E-state index contributed by atoms with van der Waals surface area (Å²) in [5, 5.41) is 2.64. The van der Waals surface area contributed by atoms with Crippen LogP contribution >= 0.6 is 22.9 Å². The second-order valence-electron chi connectivity index (χ2n) is 6.57. The maximum atomic E-state index is 12.6. The Kier molecular flexibility index (Phi) is 5.45. The largest absolute Gasteiger partial charge is 0.368 e. The van der Waals surface area contributed by atoms with E-state index in [0.29, 0.717) is 23.8 Å². The first-order chi connectivity index (χ1) is 13.6. The van der Waals surface area contributed by atoms with Crippen LogP contribution in [-0.4, -0.2) is 46.5 Å². The molecule has 0 unspecified atom stereocenters. The molecule has 6 nitrogen and oxygen atoms in total. The minimum Gasteiger partial charge on any atom is -0.368 e. The fourth-order valence-corrected chi connectivity index (χ4v) is 4.11. The van der Waals surface area contributed by atoms with E-state index < -0.39 is 0 Å². The summed E-state index contributed by atoms with van der Waals surface area (Å²) in [6.07, 6.45) is 1.46. The number of thiophene rings is 1. The smallest absolute Gasteiger partial charge is 0.254 e. The third-order valence-corrected chi connectivity index (χ3v) is 5.89. The van der Waals surface area contributed by atoms with Crippen molar-refractivity contribution >= 4 is 34.5 Å². The predicted molar refractivity (Wildman–Crippen MR) is 112 cm³/mol. The number of rotatable bonds is 4. The van der Waals surface area contributed by atoms with E-state index in [-0.39, 0.29) is 18.0 Å². The van der Waals surface area contributed by atoms with E-state index in [4.69, 9.17) is 11.6 Å². The van der Waals surface area contributed by atoms with Crippen molar-refractivity contribution in [2.24, 2.45) is 0 Å². The Balaban J connectivity index is 1.38. The van der Waals surface area contributed by atoms with Crippen LogP contribution in [0.4, 0.5) is 5.69 Å². The number of hydrogen-bond donors (Lipinski definition) is 0. The van der Waals surface area contributed by atoms with Crippen molar-refractivity contribution in [3.63, 3.8) is 0 Å². The maximum Gasteiger partial charge on any atom is 0.254 e. The monoisotopic (exact) mass is 414 g/mol. The van der Waals surface area contributed by atoms with E-state index in [9.17, 15) is 9.59 Å². The van der Waals surface area contributed by atoms with Crippen LogP contribution in [0.15, 0.2) is 59.0 Å². The number of halogens is 1. The molecule has 0 aliphatic carbocycles. The predicted octanol–water partition coefficient (Wildman–Crippen LogP) is 2.97. The average Bonchev–Trinajstić information content (AvgIpc) is 3.24.